The van der Waals surface area contributed by atoms with Crippen LogP contribution in [0.1, 0.15) is 18.4 Å². The van der Waals surface area contributed by atoms with Gasteiger partial charge in [-0.15, -0.1) is 0 Å². The molecule has 2 rings (SSSR count). The van der Waals surface area contributed by atoms with Crippen molar-refractivity contribution in [2.24, 2.45) is 5.92 Å². The lowest BCUT2D eigenvalue weighted by molar-refractivity contribution is 0.0547. The number of halogens is 1. The summed E-state index contributed by atoms with van der Waals surface area (Å²) in [5, 5.41) is 3.51. The second kappa shape index (κ2) is 8.05. The van der Waals surface area contributed by atoms with Gasteiger partial charge in [-0.3, -0.25) is 0 Å². The van der Waals surface area contributed by atoms with Crippen LogP contribution in [0.15, 0.2) is 12.1 Å². The van der Waals surface area contributed by atoms with E-state index in [9.17, 15) is 0 Å². The van der Waals surface area contributed by atoms with Crippen LogP contribution in [0.4, 0.5) is 0 Å². The highest BCUT2D eigenvalue weighted by Crippen LogP contribution is 2.33. The fraction of sp³-hybridized carbons (Fsp3) is 0.600. The minimum absolute atomic E-state index is 0.642. The molecule has 112 valence electrons. The molecule has 0 saturated carbocycles. The second-order valence-electron chi connectivity index (χ2n) is 5.03. The Bertz CT molecular complexity index is 433. The van der Waals surface area contributed by atoms with Crippen molar-refractivity contribution in [3.63, 3.8) is 0 Å². The summed E-state index contributed by atoms with van der Waals surface area (Å²) in [5.41, 5.74) is 1.21. The molecule has 1 N–H and O–H groups in total. The van der Waals surface area contributed by atoms with Gasteiger partial charge in [0.25, 0.3) is 0 Å². The first-order valence-electron chi connectivity index (χ1n) is 6.93. The molecule has 1 unspecified atom stereocenters. The van der Waals surface area contributed by atoms with Crippen molar-refractivity contribution in [1.82, 2.24) is 5.32 Å². The predicted octanol–water partition coefficient (Wildman–Crippen LogP) is 2.82. The Morgan fingerprint density at radius 3 is 2.85 bits per heavy atom. The van der Waals surface area contributed by atoms with Crippen molar-refractivity contribution in [3.8, 4) is 11.5 Å². The van der Waals surface area contributed by atoms with Crippen LogP contribution in [-0.4, -0.2) is 34.0 Å². The van der Waals surface area contributed by atoms with E-state index in [0.717, 1.165) is 41.4 Å². The molecule has 0 spiro atoms. The Morgan fingerprint density at radius 2 is 2.20 bits per heavy atom. The molecule has 1 fully saturated rings. The number of methoxy groups -OCH3 is 2. The predicted molar refractivity (Wildman–Crippen MR) is 87.5 cm³/mol. The summed E-state index contributed by atoms with van der Waals surface area (Å²) < 4.78 is 17.3. The zero-order valence-electron chi connectivity index (χ0n) is 12.1. The third-order valence-electron chi connectivity index (χ3n) is 3.51. The van der Waals surface area contributed by atoms with Crippen molar-refractivity contribution < 1.29 is 14.2 Å². The Hall–Kier alpha value is -0.530. The van der Waals surface area contributed by atoms with Crippen molar-refractivity contribution in [1.29, 1.82) is 0 Å². The first-order chi connectivity index (χ1) is 9.74. The van der Waals surface area contributed by atoms with Crippen LogP contribution in [0.5, 0.6) is 11.5 Å². The van der Waals surface area contributed by atoms with Crippen molar-refractivity contribution >= 4 is 22.6 Å². The maximum atomic E-state index is 5.49. The van der Waals surface area contributed by atoms with Gasteiger partial charge in [-0.2, -0.15) is 0 Å². The normalized spacial score (nSPS) is 18.9. The van der Waals surface area contributed by atoms with Gasteiger partial charge in [0, 0.05) is 19.7 Å². The monoisotopic (exact) mass is 391 g/mol. The van der Waals surface area contributed by atoms with E-state index >= 15 is 0 Å². The summed E-state index contributed by atoms with van der Waals surface area (Å²) in [6, 6.07) is 4.16. The Balaban J connectivity index is 1.90. The zero-order chi connectivity index (χ0) is 14.4. The molecule has 20 heavy (non-hydrogen) atoms. The SMILES string of the molecule is COc1cc(CNCC2CCCOC2)cc(I)c1OC. The fourth-order valence-electron chi connectivity index (χ4n) is 2.46. The van der Waals surface area contributed by atoms with Crippen LogP contribution >= 0.6 is 22.6 Å². The summed E-state index contributed by atoms with van der Waals surface area (Å²) in [6.07, 6.45) is 2.44. The summed E-state index contributed by atoms with van der Waals surface area (Å²) in [4.78, 5) is 0. The standard InChI is InChI=1S/C15H22INO3/c1-18-14-7-12(6-13(16)15(14)19-2)9-17-8-11-4-3-5-20-10-11/h6-7,11,17H,3-5,8-10H2,1-2H3. The molecule has 1 aromatic rings. The maximum Gasteiger partial charge on any atom is 0.174 e. The zero-order valence-corrected chi connectivity index (χ0v) is 14.2. The molecule has 1 atom stereocenters. The summed E-state index contributed by atoms with van der Waals surface area (Å²) in [6.45, 7) is 3.65. The minimum atomic E-state index is 0.642. The number of benzene rings is 1. The molecule has 0 aliphatic carbocycles. The van der Waals surface area contributed by atoms with Gasteiger partial charge in [-0.1, -0.05) is 0 Å². The quantitative estimate of drug-likeness (QED) is 0.758. The molecule has 1 aromatic carbocycles. The molecule has 4 nitrogen and oxygen atoms in total. The molecule has 1 aliphatic rings. The Labute approximate surface area is 134 Å². The van der Waals surface area contributed by atoms with E-state index < -0.39 is 0 Å². The van der Waals surface area contributed by atoms with Crippen molar-refractivity contribution in [3.05, 3.63) is 21.3 Å². The lowest BCUT2D eigenvalue weighted by atomic mass is 10.0. The van der Waals surface area contributed by atoms with E-state index in [0.29, 0.717) is 5.92 Å². The number of nitrogens with one attached hydrogen (secondary N) is 1. The first-order valence-corrected chi connectivity index (χ1v) is 8.01. The fourth-order valence-corrected chi connectivity index (χ4v) is 3.35. The molecule has 0 bridgehead atoms. The lowest BCUT2D eigenvalue weighted by Crippen LogP contribution is -2.28. The minimum Gasteiger partial charge on any atom is -0.493 e. The number of hydrogen-bond acceptors (Lipinski definition) is 4. The Morgan fingerprint density at radius 1 is 1.35 bits per heavy atom. The molecule has 1 heterocycles. The maximum absolute atomic E-state index is 5.49. The average molecular weight is 391 g/mol. The van der Waals surface area contributed by atoms with E-state index in [1.807, 2.05) is 6.07 Å². The van der Waals surface area contributed by atoms with Crippen LogP contribution in [0, 0.1) is 9.49 Å². The molecule has 0 radical (unpaired) electrons. The van der Waals surface area contributed by atoms with Gasteiger partial charge in [0.15, 0.2) is 11.5 Å². The van der Waals surface area contributed by atoms with Crippen LogP contribution in [0.3, 0.4) is 0 Å². The first kappa shape index (κ1) is 15.9. The largest absolute Gasteiger partial charge is 0.493 e. The van der Waals surface area contributed by atoms with Gasteiger partial charge in [-0.25, -0.2) is 0 Å². The molecule has 1 saturated heterocycles. The lowest BCUT2D eigenvalue weighted by Gasteiger charge is -2.22. The highest BCUT2D eigenvalue weighted by molar-refractivity contribution is 14.1. The molecular weight excluding hydrogens is 369 g/mol. The van der Waals surface area contributed by atoms with Gasteiger partial charge in [0.2, 0.25) is 0 Å². The third kappa shape index (κ3) is 4.23. The second-order valence-corrected chi connectivity index (χ2v) is 6.19. The van der Waals surface area contributed by atoms with Gasteiger partial charge in [0.05, 0.1) is 24.4 Å². The number of rotatable bonds is 6. The van der Waals surface area contributed by atoms with E-state index in [2.05, 4.69) is 34.0 Å². The summed E-state index contributed by atoms with van der Waals surface area (Å²) >= 11 is 2.28. The van der Waals surface area contributed by atoms with E-state index in [-0.39, 0.29) is 0 Å². The molecule has 5 heteroatoms. The molecule has 0 amide bonds. The third-order valence-corrected chi connectivity index (χ3v) is 4.31. The van der Waals surface area contributed by atoms with Gasteiger partial charge in [0.1, 0.15) is 0 Å². The van der Waals surface area contributed by atoms with E-state index in [1.165, 1.54) is 18.4 Å². The smallest absolute Gasteiger partial charge is 0.174 e. The molecule has 0 aromatic heterocycles. The molecule has 1 aliphatic heterocycles. The highest BCUT2D eigenvalue weighted by Gasteiger charge is 2.14. The van der Waals surface area contributed by atoms with Crippen LogP contribution in [0.2, 0.25) is 0 Å². The number of hydrogen-bond donors (Lipinski definition) is 1. The van der Waals surface area contributed by atoms with Gasteiger partial charge >= 0.3 is 0 Å². The van der Waals surface area contributed by atoms with Gasteiger partial charge < -0.3 is 19.5 Å². The van der Waals surface area contributed by atoms with Crippen molar-refractivity contribution in [2.75, 3.05) is 34.0 Å². The van der Waals surface area contributed by atoms with Gasteiger partial charge in [-0.05, 0) is 59.0 Å². The van der Waals surface area contributed by atoms with E-state index in [4.69, 9.17) is 14.2 Å². The summed E-state index contributed by atoms with van der Waals surface area (Å²) in [7, 11) is 3.34. The van der Waals surface area contributed by atoms with Crippen molar-refractivity contribution in [2.45, 2.75) is 19.4 Å². The number of ether oxygens (including phenoxy) is 3. The topological polar surface area (TPSA) is 39.7 Å². The molecular formula is C15H22INO3. The highest BCUT2D eigenvalue weighted by atomic mass is 127. The van der Waals surface area contributed by atoms with Crippen LogP contribution < -0.4 is 14.8 Å². The Kier molecular flexibility index (Phi) is 6.38. The van der Waals surface area contributed by atoms with Crippen LogP contribution in [0.25, 0.3) is 0 Å². The average Bonchev–Trinajstić information content (AvgIpc) is 2.47. The summed E-state index contributed by atoms with van der Waals surface area (Å²) in [5.74, 6) is 2.23. The van der Waals surface area contributed by atoms with Crippen LogP contribution in [-0.2, 0) is 11.3 Å². The van der Waals surface area contributed by atoms with E-state index in [1.54, 1.807) is 14.2 Å².